The van der Waals surface area contributed by atoms with Crippen molar-refractivity contribution < 1.29 is 9.53 Å². The topological polar surface area (TPSA) is 78.1 Å². The standard InChI is InChI=1S/C13H13N3O2S/c1-18-13(17)11-12(14)15-7-10(16-11)8-3-5-9(19-2)6-4-8/h3-7H,1-2H3,(H2,14,15). The number of rotatable bonds is 3. The fourth-order valence-electron chi connectivity index (χ4n) is 1.55. The smallest absolute Gasteiger partial charge is 0.360 e. The SMILES string of the molecule is COC(=O)c1nc(-c2ccc(SC)cc2)cnc1N. The van der Waals surface area contributed by atoms with Crippen LogP contribution in [0.4, 0.5) is 5.82 Å². The first-order chi connectivity index (χ1) is 9.15. The summed E-state index contributed by atoms with van der Waals surface area (Å²) >= 11 is 1.66. The van der Waals surface area contributed by atoms with Gasteiger partial charge in [0.05, 0.1) is 19.0 Å². The number of carbonyl (C=O) groups is 1. The fourth-order valence-corrected chi connectivity index (χ4v) is 1.95. The zero-order valence-electron chi connectivity index (χ0n) is 10.6. The zero-order chi connectivity index (χ0) is 13.8. The van der Waals surface area contributed by atoms with E-state index in [-0.39, 0.29) is 11.5 Å². The van der Waals surface area contributed by atoms with E-state index in [1.807, 2.05) is 30.5 Å². The third-order valence-electron chi connectivity index (χ3n) is 2.57. The van der Waals surface area contributed by atoms with Crippen molar-refractivity contribution in [2.75, 3.05) is 19.1 Å². The summed E-state index contributed by atoms with van der Waals surface area (Å²) in [5.41, 5.74) is 7.10. The lowest BCUT2D eigenvalue weighted by molar-refractivity contribution is 0.0595. The molecule has 1 heterocycles. The molecule has 0 spiro atoms. The van der Waals surface area contributed by atoms with Crippen LogP contribution in [-0.4, -0.2) is 29.3 Å². The van der Waals surface area contributed by atoms with Crippen LogP contribution in [-0.2, 0) is 4.74 Å². The third kappa shape index (κ3) is 2.85. The number of hydrogen-bond acceptors (Lipinski definition) is 6. The number of nitrogens with zero attached hydrogens (tertiary/aromatic N) is 2. The molecule has 2 N–H and O–H groups in total. The van der Waals surface area contributed by atoms with E-state index in [1.54, 1.807) is 11.8 Å². The number of ether oxygens (including phenoxy) is 1. The molecular weight excluding hydrogens is 262 g/mol. The summed E-state index contributed by atoms with van der Waals surface area (Å²) < 4.78 is 4.62. The Bertz CT molecular complexity index is 599. The molecule has 0 bridgehead atoms. The summed E-state index contributed by atoms with van der Waals surface area (Å²) in [6.45, 7) is 0. The Morgan fingerprint density at radius 1 is 1.32 bits per heavy atom. The van der Waals surface area contributed by atoms with E-state index in [2.05, 4.69) is 14.7 Å². The van der Waals surface area contributed by atoms with Crippen molar-refractivity contribution in [1.82, 2.24) is 9.97 Å². The lowest BCUT2D eigenvalue weighted by Gasteiger charge is -2.06. The van der Waals surface area contributed by atoms with Gasteiger partial charge in [0.2, 0.25) is 0 Å². The Hall–Kier alpha value is -2.08. The number of methoxy groups -OCH3 is 1. The molecular formula is C13H13N3O2S. The molecule has 98 valence electrons. The Labute approximate surface area is 115 Å². The number of benzene rings is 1. The largest absolute Gasteiger partial charge is 0.464 e. The normalized spacial score (nSPS) is 10.2. The van der Waals surface area contributed by atoms with Crippen molar-refractivity contribution >= 4 is 23.5 Å². The molecule has 0 unspecified atom stereocenters. The summed E-state index contributed by atoms with van der Waals surface area (Å²) in [6.07, 6.45) is 3.54. The summed E-state index contributed by atoms with van der Waals surface area (Å²) in [6, 6.07) is 7.81. The second-order valence-electron chi connectivity index (χ2n) is 3.71. The lowest BCUT2D eigenvalue weighted by Crippen LogP contribution is -2.10. The van der Waals surface area contributed by atoms with Crippen molar-refractivity contribution in [3.63, 3.8) is 0 Å². The molecule has 1 aromatic carbocycles. The van der Waals surface area contributed by atoms with Crippen LogP contribution < -0.4 is 5.73 Å². The molecule has 5 nitrogen and oxygen atoms in total. The maximum absolute atomic E-state index is 11.5. The van der Waals surface area contributed by atoms with Crippen molar-refractivity contribution in [2.24, 2.45) is 0 Å². The van der Waals surface area contributed by atoms with Gasteiger partial charge in [-0.05, 0) is 18.4 Å². The first-order valence-electron chi connectivity index (χ1n) is 5.51. The number of hydrogen-bond donors (Lipinski definition) is 1. The highest BCUT2D eigenvalue weighted by atomic mass is 32.2. The van der Waals surface area contributed by atoms with E-state index >= 15 is 0 Å². The van der Waals surface area contributed by atoms with Gasteiger partial charge in [-0.3, -0.25) is 0 Å². The van der Waals surface area contributed by atoms with Crippen LogP contribution in [0.1, 0.15) is 10.5 Å². The Morgan fingerprint density at radius 2 is 2.00 bits per heavy atom. The van der Waals surface area contributed by atoms with Gasteiger partial charge >= 0.3 is 5.97 Å². The molecule has 0 aliphatic rings. The van der Waals surface area contributed by atoms with Gasteiger partial charge in [0.1, 0.15) is 0 Å². The van der Waals surface area contributed by atoms with Crippen LogP contribution in [0, 0.1) is 0 Å². The van der Waals surface area contributed by atoms with Crippen molar-refractivity contribution in [1.29, 1.82) is 0 Å². The maximum Gasteiger partial charge on any atom is 0.360 e. The van der Waals surface area contributed by atoms with E-state index in [0.717, 1.165) is 10.5 Å². The maximum atomic E-state index is 11.5. The quantitative estimate of drug-likeness (QED) is 0.683. The van der Waals surface area contributed by atoms with E-state index < -0.39 is 5.97 Å². The van der Waals surface area contributed by atoms with Gasteiger partial charge in [-0.15, -0.1) is 11.8 Å². The molecule has 0 amide bonds. The Balaban J connectivity index is 2.42. The number of thioether (sulfide) groups is 1. The van der Waals surface area contributed by atoms with E-state index in [9.17, 15) is 4.79 Å². The summed E-state index contributed by atoms with van der Waals surface area (Å²) in [5, 5.41) is 0. The molecule has 0 fully saturated rings. The zero-order valence-corrected chi connectivity index (χ0v) is 11.4. The van der Waals surface area contributed by atoms with Crippen molar-refractivity contribution in [3.8, 4) is 11.3 Å². The molecule has 1 aromatic heterocycles. The van der Waals surface area contributed by atoms with Crippen molar-refractivity contribution in [2.45, 2.75) is 4.90 Å². The van der Waals surface area contributed by atoms with Gasteiger partial charge in [0.25, 0.3) is 0 Å². The summed E-state index contributed by atoms with van der Waals surface area (Å²) in [7, 11) is 1.28. The highest BCUT2D eigenvalue weighted by Gasteiger charge is 2.14. The number of aromatic nitrogens is 2. The van der Waals surface area contributed by atoms with Gasteiger partial charge in [0, 0.05) is 10.5 Å². The van der Waals surface area contributed by atoms with Crippen LogP contribution in [0.5, 0.6) is 0 Å². The van der Waals surface area contributed by atoms with Crippen LogP contribution in [0.25, 0.3) is 11.3 Å². The van der Waals surface area contributed by atoms with E-state index in [0.29, 0.717) is 5.69 Å². The van der Waals surface area contributed by atoms with E-state index in [1.165, 1.54) is 13.3 Å². The number of nitrogen functional groups attached to an aromatic ring is 1. The molecule has 0 aliphatic carbocycles. The van der Waals surface area contributed by atoms with Gasteiger partial charge in [-0.2, -0.15) is 0 Å². The van der Waals surface area contributed by atoms with Crippen LogP contribution >= 0.6 is 11.8 Å². The number of anilines is 1. The molecule has 6 heteroatoms. The number of nitrogens with two attached hydrogens (primary N) is 1. The van der Waals surface area contributed by atoms with Gasteiger partial charge < -0.3 is 10.5 Å². The Kier molecular flexibility index (Phi) is 4.01. The highest BCUT2D eigenvalue weighted by molar-refractivity contribution is 7.98. The average Bonchev–Trinajstić information content (AvgIpc) is 2.47. The molecule has 0 aliphatic heterocycles. The monoisotopic (exact) mass is 275 g/mol. The van der Waals surface area contributed by atoms with Crippen LogP contribution in [0.15, 0.2) is 35.4 Å². The molecule has 0 saturated carbocycles. The van der Waals surface area contributed by atoms with Crippen LogP contribution in [0.3, 0.4) is 0 Å². The second-order valence-corrected chi connectivity index (χ2v) is 4.59. The summed E-state index contributed by atoms with van der Waals surface area (Å²) in [5.74, 6) is -0.524. The first kappa shape index (κ1) is 13.4. The predicted octanol–water partition coefficient (Wildman–Crippen LogP) is 2.23. The minimum absolute atomic E-state index is 0.0361. The van der Waals surface area contributed by atoms with Crippen LogP contribution in [0.2, 0.25) is 0 Å². The first-order valence-corrected chi connectivity index (χ1v) is 6.73. The third-order valence-corrected chi connectivity index (χ3v) is 3.31. The average molecular weight is 275 g/mol. The highest BCUT2D eigenvalue weighted by Crippen LogP contribution is 2.22. The van der Waals surface area contributed by atoms with E-state index in [4.69, 9.17) is 5.73 Å². The molecule has 0 saturated heterocycles. The molecule has 0 atom stereocenters. The van der Waals surface area contributed by atoms with Gasteiger partial charge in [-0.1, -0.05) is 12.1 Å². The minimum atomic E-state index is -0.590. The van der Waals surface area contributed by atoms with Crippen molar-refractivity contribution in [3.05, 3.63) is 36.2 Å². The molecule has 19 heavy (non-hydrogen) atoms. The second kappa shape index (κ2) is 5.71. The fraction of sp³-hybridized carbons (Fsp3) is 0.154. The predicted molar refractivity (Wildman–Crippen MR) is 75.0 cm³/mol. The molecule has 0 radical (unpaired) electrons. The van der Waals surface area contributed by atoms with Gasteiger partial charge in [-0.25, -0.2) is 14.8 Å². The number of carbonyl (C=O) groups excluding carboxylic acids is 1. The molecule has 2 rings (SSSR count). The summed E-state index contributed by atoms with van der Waals surface area (Å²) in [4.78, 5) is 20.8. The molecule has 2 aromatic rings. The number of esters is 1. The van der Waals surface area contributed by atoms with Gasteiger partial charge in [0.15, 0.2) is 11.5 Å². The Morgan fingerprint density at radius 3 is 2.58 bits per heavy atom. The minimum Gasteiger partial charge on any atom is -0.464 e. The lowest BCUT2D eigenvalue weighted by atomic mass is 10.1.